The van der Waals surface area contributed by atoms with Crippen molar-refractivity contribution in [3.05, 3.63) is 56.0 Å². The lowest BCUT2D eigenvalue weighted by Gasteiger charge is -2.11. The normalized spacial score (nSPS) is 10.3. The van der Waals surface area contributed by atoms with Crippen LogP contribution in [0.4, 0.5) is 5.69 Å². The van der Waals surface area contributed by atoms with Gasteiger partial charge in [-0.1, -0.05) is 12.1 Å². The lowest BCUT2D eigenvalue weighted by atomic mass is 10.1. The number of halogens is 2. The third-order valence-corrected chi connectivity index (χ3v) is 4.49. The van der Waals surface area contributed by atoms with Crippen LogP contribution in [0.3, 0.4) is 0 Å². The van der Waals surface area contributed by atoms with Gasteiger partial charge in [-0.25, -0.2) is 4.79 Å². The van der Waals surface area contributed by atoms with Crippen molar-refractivity contribution in [3.63, 3.8) is 0 Å². The Bertz CT molecular complexity index is 782. The van der Waals surface area contributed by atoms with Gasteiger partial charge in [0, 0.05) is 8.95 Å². The first-order valence-corrected chi connectivity index (χ1v) is 8.59. The molecule has 24 heavy (non-hydrogen) atoms. The minimum absolute atomic E-state index is 0.0282. The van der Waals surface area contributed by atoms with E-state index in [1.54, 1.807) is 19.1 Å². The summed E-state index contributed by atoms with van der Waals surface area (Å²) in [5.74, 6) is -1.39. The summed E-state index contributed by atoms with van der Waals surface area (Å²) in [5, 5.41) is 12.5. The van der Waals surface area contributed by atoms with Crippen molar-refractivity contribution in [1.82, 2.24) is 0 Å². The van der Waals surface area contributed by atoms with Gasteiger partial charge in [-0.15, -0.1) is 0 Å². The number of carbonyl (C=O) groups excluding carboxylic acids is 2. The Morgan fingerprint density at radius 2 is 1.79 bits per heavy atom. The van der Waals surface area contributed by atoms with Crippen molar-refractivity contribution in [2.75, 3.05) is 11.9 Å². The van der Waals surface area contributed by atoms with E-state index in [-0.39, 0.29) is 11.3 Å². The highest BCUT2D eigenvalue weighted by molar-refractivity contribution is 9.11. The van der Waals surface area contributed by atoms with Gasteiger partial charge in [-0.05, 0) is 75.0 Å². The van der Waals surface area contributed by atoms with Gasteiger partial charge >= 0.3 is 5.97 Å². The summed E-state index contributed by atoms with van der Waals surface area (Å²) in [7, 11) is 0. The molecule has 0 radical (unpaired) electrons. The molecule has 0 fully saturated rings. The quantitative estimate of drug-likeness (QED) is 0.671. The molecule has 0 heterocycles. The van der Waals surface area contributed by atoms with Gasteiger partial charge < -0.3 is 15.2 Å². The molecule has 1 amide bonds. The van der Waals surface area contributed by atoms with E-state index in [9.17, 15) is 14.7 Å². The fourth-order valence-corrected chi connectivity index (χ4v) is 3.64. The molecule has 0 aliphatic carbocycles. The Morgan fingerprint density at radius 3 is 2.42 bits per heavy atom. The largest absolute Gasteiger partial charge is 0.507 e. The number of hydrogen-bond acceptors (Lipinski definition) is 4. The maximum absolute atomic E-state index is 12.0. The van der Waals surface area contributed by atoms with E-state index in [4.69, 9.17) is 4.74 Å². The number of benzene rings is 2. The number of amides is 1. The number of carbonyl (C=O) groups is 2. The second-order valence-electron chi connectivity index (χ2n) is 5.20. The summed E-state index contributed by atoms with van der Waals surface area (Å²) in [6.45, 7) is 3.14. The Labute approximate surface area is 156 Å². The van der Waals surface area contributed by atoms with Gasteiger partial charge in [0.25, 0.3) is 5.91 Å². The number of nitrogens with one attached hydrogen (secondary N) is 1. The van der Waals surface area contributed by atoms with E-state index in [1.165, 1.54) is 6.07 Å². The third-order valence-electron chi connectivity index (χ3n) is 3.24. The first kappa shape index (κ1) is 18.5. The summed E-state index contributed by atoms with van der Waals surface area (Å²) >= 11 is 6.75. The highest BCUT2D eigenvalue weighted by atomic mass is 79.9. The summed E-state index contributed by atoms with van der Waals surface area (Å²) in [6, 6.07) is 8.46. The van der Waals surface area contributed by atoms with Crippen LogP contribution >= 0.6 is 31.9 Å². The topological polar surface area (TPSA) is 75.6 Å². The van der Waals surface area contributed by atoms with Gasteiger partial charge in [0.15, 0.2) is 6.61 Å². The van der Waals surface area contributed by atoms with Crippen molar-refractivity contribution in [2.24, 2.45) is 0 Å². The fraction of sp³-hybridized carbons (Fsp3) is 0.176. The number of rotatable bonds is 4. The van der Waals surface area contributed by atoms with Crippen molar-refractivity contribution in [1.29, 1.82) is 0 Å². The van der Waals surface area contributed by atoms with Crippen LogP contribution in [-0.2, 0) is 9.53 Å². The molecule has 0 saturated heterocycles. The van der Waals surface area contributed by atoms with Gasteiger partial charge in [0.1, 0.15) is 11.3 Å². The maximum Gasteiger partial charge on any atom is 0.342 e. The van der Waals surface area contributed by atoms with Crippen LogP contribution in [0.2, 0.25) is 0 Å². The zero-order valence-electron chi connectivity index (χ0n) is 13.0. The van der Waals surface area contributed by atoms with E-state index < -0.39 is 18.5 Å². The molecule has 7 heteroatoms. The smallest absolute Gasteiger partial charge is 0.342 e. The minimum atomic E-state index is -0.756. The first-order chi connectivity index (χ1) is 11.3. The molecule has 0 aliphatic rings. The summed E-state index contributed by atoms with van der Waals surface area (Å²) < 4.78 is 6.39. The zero-order valence-corrected chi connectivity index (χ0v) is 16.2. The van der Waals surface area contributed by atoms with E-state index in [0.717, 1.165) is 5.56 Å². The summed E-state index contributed by atoms with van der Waals surface area (Å²) in [5.41, 5.74) is 2.16. The summed E-state index contributed by atoms with van der Waals surface area (Å²) in [6.07, 6.45) is 0. The monoisotopic (exact) mass is 455 g/mol. The third kappa shape index (κ3) is 4.36. The van der Waals surface area contributed by atoms with Gasteiger partial charge in [0.05, 0.1) is 5.69 Å². The van der Waals surface area contributed by atoms with Crippen molar-refractivity contribution in [2.45, 2.75) is 13.8 Å². The molecular weight excluding hydrogens is 442 g/mol. The average Bonchev–Trinajstić information content (AvgIpc) is 2.51. The van der Waals surface area contributed by atoms with E-state index in [0.29, 0.717) is 20.2 Å². The van der Waals surface area contributed by atoms with Crippen molar-refractivity contribution in [3.8, 4) is 5.75 Å². The van der Waals surface area contributed by atoms with Crippen LogP contribution < -0.4 is 5.32 Å². The lowest BCUT2D eigenvalue weighted by Crippen LogP contribution is -2.21. The fourth-order valence-electron chi connectivity index (χ4n) is 2.03. The Balaban J connectivity index is 2.01. The Hall–Kier alpha value is -1.86. The van der Waals surface area contributed by atoms with Gasteiger partial charge in [0.2, 0.25) is 0 Å². The van der Waals surface area contributed by atoms with Gasteiger partial charge in [-0.3, -0.25) is 4.79 Å². The number of hydrogen-bond donors (Lipinski definition) is 2. The van der Waals surface area contributed by atoms with E-state index in [2.05, 4.69) is 37.2 Å². The molecule has 2 N–H and O–H groups in total. The maximum atomic E-state index is 12.0. The predicted octanol–water partition coefficient (Wildman–Crippen LogP) is 4.33. The van der Waals surface area contributed by atoms with E-state index in [1.807, 2.05) is 19.1 Å². The second-order valence-corrected chi connectivity index (χ2v) is 6.91. The number of aromatic hydroxyl groups is 1. The molecule has 0 spiro atoms. The van der Waals surface area contributed by atoms with Crippen LogP contribution in [0.5, 0.6) is 5.75 Å². The number of esters is 1. The molecule has 2 aromatic rings. The molecule has 0 aromatic heterocycles. The van der Waals surface area contributed by atoms with Crippen LogP contribution in [0.1, 0.15) is 21.5 Å². The number of phenolic OH excluding ortho intramolecular Hbond substituents is 1. The van der Waals surface area contributed by atoms with Crippen LogP contribution in [0, 0.1) is 13.8 Å². The predicted molar refractivity (Wildman–Crippen MR) is 98.3 cm³/mol. The number of anilines is 1. The number of aryl methyl sites for hydroxylation is 2. The molecule has 0 aliphatic heterocycles. The molecule has 0 bridgehead atoms. The molecule has 0 atom stereocenters. The molecule has 5 nitrogen and oxygen atoms in total. The second kappa shape index (κ2) is 7.81. The highest BCUT2D eigenvalue weighted by Gasteiger charge is 2.16. The molecule has 2 rings (SSSR count). The molecule has 2 aromatic carbocycles. The number of para-hydroxylation sites is 1. The standard InChI is InChI=1S/C17H15Br2NO4/c1-9-6-12(18)15(13(19)7-9)20-14(21)8-24-17(23)11-5-3-4-10(2)16(11)22/h3-7,22H,8H2,1-2H3,(H,20,21). The highest BCUT2D eigenvalue weighted by Crippen LogP contribution is 2.32. The van der Waals surface area contributed by atoms with Crippen molar-refractivity contribution < 1.29 is 19.4 Å². The van der Waals surface area contributed by atoms with Crippen LogP contribution in [0.25, 0.3) is 0 Å². The Morgan fingerprint density at radius 1 is 1.17 bits per heavy atom. The molecule has 0 unspecified atom stereocenters. The average molecular weight is 457 g/mol. The zero-order chi connectivity index (χ0) is 17.9. The van der Waals surface area contributed by atoms with Crippen LogP contribution in [-0.4, -0.2) is 23.6 Å². The lowest BCUT2D eigenvalue weighted by molar-refractivity contribution is -0.119. The minimum Gasteiger partial charge on any atom is -0.507 e. The molecular formula is C17H15Br2NO4. The number of ether oxygens (including phenoxy) is 1. The first-order valence-electron chi connectivity index (χ1n) is 7.00. The molecule has 126 valence electrons. The van der Waals surface area contributed by atoms with Crippen LogP contribution in [0.15, 0.2) is 39.3 Å². The van der Waals surface area contributed by atoms with Gasteiger partial charge in [-0.2, -0.15) is 0 Å². The van der Waals surface area contributed by atoms with Crippen molar-refractivity contribution >= 4 is 49.4 Å². The van der Waals surface area contributed by atoms with E-state index >= 15 is 0 Å². The molecule has 0 saturated carbocycles. The number of phenols is 1. The Kier molecular flexibility index (Phi) is 6.01. The SMILES string of the molecule is Cc1cc(Br)c(NC(=O)COC(=O)c2cccc(C)c2O)c(Br)c1. The summed E-state index contributed by atoms with van der Waals surface area (Å²) in [4.78, 5) is 24.0.